The number of hydrogen-bond donors (Lipinski definition) is 2. The van der Waals surface area contributed by atoms with E-state index in [0.717, 1.165) is 32.1 Å². The molecule has 6 atom stereocenters. The van der Waals surface area contributed by atoms with Crippen molar-refractivity contribution in [3.05, 3.63) is 35.9 Å². The Kier molecular flexibility index (Phi) is 6.71. The van der Waals surface area contributed by atoms with Gasteiger partial charge in [-0.1, -0.05) is 36.8 Å². The Balaban J connectivity index is 1.43. The average Bonchev–Trinajstić information content (AvgIpc) is 3.48. The van der Waals surface area contributed by atoms with E-state index in [0.29, 0.717) is 18.9 Å². The summed E-state index contributed by atoms with van der Waals surface area (Å²) >= 11 is 0. The maximum atomic E-state index is 13.4. The standard InChI is InChI=1S/C23H32N2O5/c1-15(22(26)25-19-9-5-8-17(19)12-20(25)23(27)28)24-18(21-13-29-14-30-21)11-10-16-6-3-2-4-7-16/h2-4,6-7,15,17-21,24H,5,8-14H2,1H3,(H,27,28)/t15-,17?,18-,19?,20+,21?/m1/s1. The Morgan fingerprint density at radius 3 is 2.77 bits per heavy atom. The molecule has 164 valence electrons. The summed E-state index contributed by atoms with van der Waals surface area (Å²) in [5.41, 5.74) is 1.24. The van der Waals surface area contributed by atoms with Gasteiger partial charge in [0.05, 0.1) is 18.8 Å². The highest BCUT2D eigenvalue weighted by atomic mass is 16.7. The van der Waals surface area contributed by atoms with Crippen LogP contribution in [0, 0.1) is 5.92 Å². The Bertz CT molecular complexity index is 736. The lowest BCUT2D eigenvalue weighted by atomic mass is 10.00. The Morgan fingerprint density at radius 1 is 1.27 bits per heavy atom. The molecule has 1 amide bonds. The topological polar surface area (TPSA) is 88.1 Å². The summed E-state index contributed by atoms with van der Waals surface area (Å²) < 4.78 is 11.1. The number of rotatable bonds is 8. The smallest absolute Gasteiger partial charge is 0.326 e. The fraction of sp³-hybridized carbons (Fsp3) is 0.652. The van der Waals surface area contributed by atoms with Gasteiger partial charge in [-0.2, -0.15) is 0 Å². The average molecular weight is 417 g/mol. The van der Waals surface area contributed by atoms with E-state index in [2.05, 4.69) is 17.4 Å². The summed E-state index contributed by atoms with van der Waals surface area (Å²) in [5.74, 6) is -0.679. The number of aryl methyl sites for hydroxylation is 1. The van der Waals surface area contributed by atoms with Gasteiger partial charge in [-0.25, -0.2) is 4.79 Å². The molecule has 7 heteroatoms. The van der Waals surface area contributed by atoms with Gasteiger partial charge in [0, 0.05) is 12.1 Å². The van der Waals surface area contributed by atoms with E-state index in [1.807, 2.05) is 25.1 Å². The number of fused-ring (bicyclic) bond motifs is 1. The molecule has 4 rings (SSSR count). The van der Waals surface area contributed by atoms with Gasteiger partial charge in [0.25, 0.3) is 0 Å². The van der Waals surface area contributed by atoms with E-state index >= 15 is 0 Å². The van der Waals surface area contributed by atoms with Gasteiger partial charge >= 0.3 is 5.97 Å². The van der Waals surface area contributed by atoms with E-state index in [1.54, 1.807) is 4.90 Å². The van der Waals surface area contributed by atoms with Crippen LogP contribution >= 0.6 is 0 Å². The number of aliphatic carboxylic acids is 1. The molecule has 3 aliphatic rings. The minimum absolute atomic E-state index is 0.0445. The van der Waals surface area contributed by atoms with Gasteiger partial charge < -0.3 is 24.8 Å². The lowest BCUT2D eigenvalue weighted by Gasteiger charge is -2.33. The number of likely N-dealkylation sites (tertiary alicyclic amines) is 1. The van der Waals surface area contributed by atoms with Crippen LogP contribution in [0.3, 0.4) is 0 Å². The third-order valence-electron chi connectivity index (χ3n) is 6.90. The summed E-state index contributed by atoms with van der Waals surface area (Å²) in [7, 11) is 0. The number of hydrogen-bond acceptors (Lipinski definition) is 5. The maximum absolute atomic E-state index is 13.4. The fourth-order valence-electron chi connectivity index (χ4n) is 5.37. The second-order valence-corrected chi connectivity index (χ2v) is 8.81. The molecule has 2 saturated heterocycles. The van der Waals surface area contributed by atoms with Crippen LogP contribution in [0.4, 0.5) is 0 Å². The highest BCUT2D eigenvalue weighted by Gasteiger charge is 2.49. The number of benzene rings is 1. The number of carbonyl (C=O) groups excluding carboxylic acids is 1. The highest BCUT2D eigenvalue weighted by molar-refractivity contribution is 5.88. The molecule has 1 aliphatic carbocycles. The van der Waals surface area contributed by atoms with Crippen molar-refractivity contribution in [2.75, 3.05) is 13.4 Å². The van der Waals surface area contributed by atoms with Crippen molar-refractivity contribution in [1.29, 1.82) is 0 Å². The summed E-state index contributed by atoms with van der Waals surface area (Å²) in [4.78, 5) is 26.8. The summed E-state index contributed by atoms with van der Waals surface area (Å²) in [5, 5.41) is 13.1. The van der Waals surface area contributed by atoms with Crippen molar-refractivity contribution in [3.63, 3.8) is 0 Å². The molecular formula is C23H32N2O5. The molecule has 30 heavy (non-hydrogen) atoms. The van der Waals surface area contributed by atoms with E-state index in [4.69, 9.17) is 9.47 Å². The lowest BCUT2D eigenvalue weighted by molar-refractivity contribution is -0.150. The summed E-state index contributed by atoms with van der Waals surface area (Å²) in [6.07, 6.45) is 5.14. The van der Waals surface area contributed by atoms with Crippen LogP contribution < -0.4 is 5.32 Å². The molecule has 1 aromatic rings. The molecule has 7 nitrogen and oxygen atoms in total. The number of carboxylic acid groups (broad SMARTS) is 1. The SMILES string of the molecule is C[C@@H](N[C@H](CCc1ccccc1)C1COCO1)C(=O)N1C2CCCC2C[C@H]1C(=O)O. The molecule has 3 unspecified atom stereocenters. The van der Waals surface area contributed by atoms with E-state index in [9.17, 15) is 14.7 Å². The zero-order valence-corrected chi connectivity index (χ0v) is 17.5. The molecule has 1 aromatic carbocycles. The second kappa shape index (κ2) is 9.45. The van der Waals surface area contributed by atoms with Crippen LogP contribution in [0.2, 0.25) is 0 Å². The highest BCUT2D eigenvalue weighted by Crippen LogP contribution is 2.41. The molecule has 0 spiro atoms. The molecular weight excluding hydrogens is 384 g/mol. The van der Waals surface area contributed by atoms with E-state index in [-0.39, 0.29) is 30.9 Å². The molecule has 3 fully saturated rings. The Morgan fingerprint density at radius 2 is 2.07 bits per heavy atom. The first-order valence-electron chi connectivity index (χ1n) is 11.1. The van der Waals surface area contributed by atoms with Crippen LogP contribution in [0.1, 0.15) is 44.6 Å². The molecule has 2 heterocycles. The molecule has 0 aromatic heterocycles. The molecule has 0 radical (unpaired) electrons. The van der Waals surface area contributed by atoms with Gasteiger partial charge in [0.15, 0.2) is 0 Å². The van der Waals surface area contributed by atoms with Crippen molar-refractivity contribution in [3.8, 4) is 0 Å². The number of carboxylic acids is 1. The fourth-order valence-corrected chi connectivity index (χ4v) is 5.37. The van der Waals surface area contributed by atoms with Crippen molar-refractivity contribution in [2.24, 2.45) is 5.92 Å². The van der Waals surface area contributed by atoms with Crippen LogP contribution in [0.5, 0.6) is 0 Å². The normalized spacial score (nSPS) is 30.2. The predicted octanol–water partition coefficient (Wildman–Crippen LogP) is 2.19. The van der Waals surface area contributed by atoms with Gasteiger partial charge in [0.2, 0.25) is 5.91 Å². The van der Waals surface area contributed by atoms with Crippen LogP contribution in [0.15, 0.2) is 30.3 Å². The predicted molar refractivity (Wildman–Crippen MR) is 111 cm³/mol. The number of nitrogens with zero attached hydrogens (tertiary/aromatic N) is 1. The summed E-state index contributed by atoms with van der Waals surface area (Å²) in [6, 6.07) is 9.08. The van der Waals surface area contributed by atoms with Gasteiger partial charge in [-0.05, 0) is 50.5 Å². The van der Waals surface area contributed by atoms with Crippen molar-refractivity contribution < 1.29 is 24.2 Å². The quantitative estimate of drug-likeness (QED) is 0.676. The van der Waals surface area contributed by atoms with Crippen molar-refractivity contribution >= 4 is 11.9 Å². The first-order valence-corrected chi connectivity index (χ1v) is 11.1. The number of amides is 1. The van der Waals surface area contributed by atoms with Crippen molar-refractivity contribution in [1.82, 2.24) is 10.2 Å². The zero-order valence-electron chi connectivity index (χ0n) is 17.5. The van der Waals surface area contributed by atoms with Gasteiger partial charge in [-0.15, -0.1) is 0 Å². The van der Waals surface area contributed by atoms with Crippen LogP contribution in [-0.2, 0) is 25.5 Å². The number of ether oxygens (including phenoxy) is 2. The number of carbonyl (C=O) groups is 2. The largest absolute Gasteiger partial charge is 0.480 e. The maximum Gasteiger partial charge on any atom is 0.326 e. The third-order valence-corrected chi connectivity index (χ3v) is 6.90. The second-order valence-electron chi connectivity index (χ2n) is 8.81. The number of nitrogens with one attached hydrogen (secondary N) is 1. The summed E-state index contributed by atoms with van der Waals surface area (Å²) in [6.45, 7) is 2.61. The van der Waals surface area contributed by atoms with Crippen molar-refractivity contribution in [2.45, 2.75) is 75.7 Å². The first-order chi connectivity index (χ1) is 14.5. The van der Waals surface area contributed by atoms with Crippen LogP contribution in [0.25, 0.3) is 0 Å². The Hall–Kier alpha value is -1.96. The minimum atomic E-state index is -0.891. The monoisotopic (exact) mass is 416 g/mol. The van der Waals surface area contributed by atoms with E-state index < -0.39 is 18.1 Å². The molecule has 2 N–H and O–H groups in total. The first kappa shape index (κ1) is 21.3. The van der Waals surface area contributed by atoms with E-state index in [1.165, 1.54) is 5.56 Å². The molecule has 1 saturated carbocycles. The molecule has 0 bridgehead atoms. The third kappa shape index (κ3) is 4.53. The van der Waals surface area contributed by atoms with Crippen LogP contribution in [-0.4, -0.2) is 65.6 Å². The Labute approximate surface area is 177 Å². The van der Waals surface area contributed by atoms with Gasteiger partial charge in [0.1, 0.15) is 12.8 Å². The minimum Gasteiger partial charge on any atom is -0.480 e. The zero-order chi connectivity index (χ0) is 21.1. The molecule has 2 aliphatic heterocycles. The van der Waals surface area contributed by atoms with Gasteiger partial charge in [-0.3, -0.25) is 4.79 Å². The lowest BCUT2D eigenvalue weighted by Crippen LogP contribution is -2.56.